The summed E-state index contributed by atoms with van der Waals surface area (Å²) in [5.74, 6) is 0.582. The van der Waals surface area contributed by atoms with Gasteiger partial charge in [-0.2, -0.15) is 0 Å². The van der Waals surface area contributed by atoms with E-state index in [4.69, 9.17) is 0 Å². The lowest BCUT2D eigenvalue weighted by atomic mass is 9.85. The molecule has 1 saturated carbocycles. The van der Waals surface area contributed by atoms with E-state index in [0.29, 0.717) is 5.92 Å². The third-order valence-electron chi connectivity index (χ3n) is 6.10. The molecule has 0 bridgehead atoms. The minimum Gasteiger partial charge on any atom is -0.392 e. The van der Waals surface area contributed by atoms with Gasteiger partial charge in [0.15, 0.2) is 0 Å². The van der Waals surface area contributed by atoms with Crippen molar-refractivity contribution in [2.45, 2.75) is 76.4 Å². The molecule has 1 N–H and O–H groups in total. The second kappa shape index (κ2) is 7.94. The van der Waals surface area contributed by atoms with Crippen molar-refractivity contribution in [1.29, 1.82) is 0 Å². The Morgan fingerprint density at radius 2 is 1.38 bits per heavy atom. The number of rotatable bonds is 4. The molecular weight excluding hydrogens is 260 g/mol. The number of likely N-dealkylation sites (tertiary alicyclic amines) is 2. The van der Waals surface area contributed by atoms with Gasteiger partial charge in [-0.25, -0.2) is 0 Å². The number of hydrogen-bond acceptors (Lipinski definition) is 3. The maximum Gasteiger partial charge on any atom is 0.0695 e. The second-order valence-corrected chi connectivity index (χ2v) is 7.59. The Balaban J connectivity index is 1.38. The first-order valence-electron chi connectivity index (χ1n) is 9.47. The number of nitrogens with zero attached hydrogens (tertiary/aromatic N) is 2. The van der Waals surface area contributed by atoms with Crippen molar-refractivity contribution < 1.29 is 5.11 Å². The minimum atomic E-state index is -0.0724. The number of hydrogen-bond donors (Lipinski definition) is 1. The monoisotopic (exact) mass is 294 g/mol. The maximum atomic E-state index is 10.5. The van der Waals surface area contributed by atoms with E-state index in [-0.39, 0.29) is 6.10 Å². The zero-order chi connectivity index (χ0) is 14.5. The summed E-state index contributed by atoms with van der Waals surface area (Å²) >= 11 is 0. The largest absolute Gasteiger partial charge is 0.392 e. The Morgan fingerprint density at radius 1 is 0.762 bits per heavy atom. The highest BCUT2D eigenvalue weighted by molar-refractivity contribution is 4.84. The molecule has 21 heavy (non-hydrogen) atoms. The lowest BCUT2D eigenvalue weighted by molar-refractivity contribution is 0.0261. The van der Waals surface area contributed by atoms with Gasteiger partial charge in [-0.1, -0.05) is 25.7 Å². The third-order valence-corrected chi connectivity index (χ3v) is 6.10. The molecule has 0 radical (unpaired) electrons. The summed E-state index contributed by atoms with van der Waals surface area (Å²) in [5, 5.41) is 10.5. The number of aliphatic hydroxyl groups is 1. The minimum absolute atomic E-state index is 0.0724. The fraction of sp³-hybridized carbons (Fsp3) is 1.00. The first kappa shape index (κ1) is 15.8. The molecule has 0 amide bonds. The van der Waals surface area contributed by atoms with Crippen LogP contribution in [0.1, 0.15) is 64.2 Å². The van der Waals surface area contributed by atoms with Crippen LogP contribution in [0.4, 0.5) is 0 Å². The second-order valence-electron chi connectivity index (χ2n) is 7.59. The Bertz CT molecular complexity index is 290. The van der Waals surface area contributed by atoms with E-state index < -0.39 is 0 Å². The average molecular weight is 294 g/mol. The van der Waals surface area contributed by atoms with Crippen LogP contribution in [-0.4, -0.2) is 59.8 Å². The summed E-state index contributed by atoms with van der Waals surface area (Å²) in [4.78, 5) is 5.26. The Labute approximate surface area is 130 Å². The highest BCUT2D eigenvalue weighted by Gasteiger charge is 2.28. The van der Waals surface area contributed by atoms with Gasteiger partial charge < -0.3 is 14.9 Å². The van der Waals surface area contributed by atoms with E-state index in [1.54, 1.807) is 0 Å². The van der Waals surface area contributed by atoms with Gasteiger partial charge >= 0.3 is 0 Å². The van der Waals surface area contributed by atoms with Crippen molar-refractivity contribution in [1.82, 2.24) is 9.80 Å². The van der Waals surface area contributed by atoms with Gasteiger partial charge in [-0.05, 0) is 70.6 Å². The number of aliphatic hydroxyl groups excluding tert-OH is 1. The van der Waals surface area contributed by atoms with Crippen LogP contribution in [0.15, 0.2) is 0 Å². The summed E-state index contributed by atoms with van der Waals surface area (Å²) in [6.07, 6.45) is 13.4. The lowest BCUT2D eigenvalue weighted by Crippen LogP contribution is -2.48. The Morgan fingerprint density at radius 3 is 2.05 bits per heavy atom. The highest BCUT2D eigenvalue weighted by atomic mass is 16.3. The Kier molecular flexibility index (Phi) is 5.96. The van der Waals surface area contributed by atoms with Crippen molar-refractivity contribution in [3.05, 3.63) is 0 Å². The molecule has 3 aliphatic rings. The summed E-state index contributed by atoms with van der Waals surface area (Å²) < 4.78 is 0. The predicted molar refractivity (Wildman–Crippen MR) is 87.5 cm³/mol. The molecule has 1 aliphatic carbocycles. The molecule has 0 aromatic carbocycles. The van der Waals surface area contributed by atoms with Crippen molar-refractivity contribution in [2.24, 2.45) is 5.92 Å². The van der Waals surface area contributed by atoms with Crippen LogP contribution in [0, 0.1) is 5.92 Å². The van der Waals surface area contributed by atoms with E-state index in [9.17, 15) is 5.11 Å². The first-order chi connectivity index (χ1) is 10.3. The topological polar surface area (TPSA) is 26.7 Å². The van der Waals surface area contributed by atoms with Crippen LogP contribution in [0.2, 0.25) is 0 Å². The molecular formula is C18H34N2O. The average Bonchev–Trinajstić information content (AvgIpc) is 2.57. The van der Waals surface area contributed by atoms with Gasteiger partial charge in [-0.15, -0.1) is 0 Å². The van der Waals surface area contributed by atoms with E-state index in [1.807, 2.05) is 0 Å². The van der Waals surface area contributed by atoms with E-state index in [1.165, 1.54) is 90.4 Å². The zero-order valence-corrected chi connectivity index (χ0v) is 13.7. The molecule has 3 rings (SSSR count). The molecule has 2 saturated heterocycles. The summed E-state index contributed by atoms with van der Waals surface area (Å²) in [7, 11) is 0. The van der Waals surface area contributed by atoms with E-state index >= 15 is 0 Å². The molecule has 0 aromatic rings. The zero-order valence-electron chi connectivity index (χ0n) is 13.7. The normalized spacial score (nSPS) is 29.6. The van der Waals surface area contributed by atoms with E-state index in [2.05, 4.69) is 9.80 Å². The van der Waals surface area contributed by atoms with Gasteiger partial charge in [0.2, 0.25) is 0 Å². The summed E-state index contributed by atoms with van der Waals surface area (Å²) in [6.45, 7) is 5.98. The Hall–Kier alpha value is -0.120. The van der Waals surface area contributed by atoms with Crippen molar-refractivity contribution in [3.8, 4) is 0 Å². The molecule has 1 atom stereocenters. The number of piperidine rings is 2. The predicted octanol–water partition coefficient (Wildman–Crippen LogP) is 2.88. The van der Waals surface area contributed by atoms with Crippen LogP contribution in [0.25, 0.3) is 0 Å². The fourth-order valence-corrected chi connectivity index (χ4v) is 4.68. The van der Waals surface area contributed by atoms with Crippen LogP contribution in [-0.2, 0) is 0 Å². The smallest absolute Gasteiger partial charge is 0.0695 e. The van der Waals surface area contributed by atoms with Crippen LogP contribution in [0.5, 0.6) is 0 Å². The van der Waals surface area contributed by atoms with Crippen molar-refractivity contribution >= 4 is 0 Å². The number of β-amino-alcohol motifs (C(OH)–C–C–N with tert-alkyl or cyclic N) is 1. The lowest BCUT2D eigenvalue weighted by Gasteiger charge is -2.41. The molecule has 0 aromatic heterocycles. The van der Waals surface area contributed by atoms with Gasteiger partial charge in [0.05, 0.1) is 6.10 Å². The molecule has 3 nitrogen and oxygen atoms in total. The molecule has 3 fully saturated rings. The summed E-state index contributed by atoms with van der Waals surface area (Å²) in [5.41, 5.74) is 0. The quantitative estimate of drug-likeness (QED) is 0.863. The fourth-order valence-electron chi connectivity index (χ4n) is 4.68. The van der Waals surface area contributed by atoms with Crippen LogP contribution < -0.4 is 0 Å². The van der Waals surface area contributed by atoms with Crippen molar-refractivity contribution in [2.75, 3.05) is 32.7 Å². The first-order valence-corrected chi connectivity index (χ1v) is 9.47. The van der Waals surface area contributed by atoms with Gasteiger partial charge in [0.1, 0.15) is 0 Å². The van der Waals surface area contributed by atoms with Gasteiger partial charge in [0, 0.05) is 12.6 Å². The van der Waals surface area contributed by atoms with Crippen molar-refractivity contribution in [3.63, 3.8) is 0 Å². The van der Waals surface area contributed by atoms with E-state index in [0.717, 1.165) is 12.6 Å². The highest BCUT2D eigenvalue weighted by Crippen LogP contribution is 2.28. The molecule has 3 heteroatoms. The third kappa shape index (κ3) is 4.43. The van der Waals surface area contributed by atoms with Crippen LogP contribution in [0.3, 0.4) is 0 Å². The van der Waals surface area contributed by atoms with Gasteiger partial charge in [-0.3, -0.25) is 0 Å². The molecule has 122 valence electrons. The molecule has 2 heterocycles. The van der Waals surface area contributed by atoms with Crippen LogP contribution >= 0.6 is 0 Å². The van der Waals surface area contributed by atoms with Gasteiger partial charge in [0.25, 0.3) is 0 Å². The molecule has 1 unspecified atom stereocenters. The standard InChI is InChI=1S/C18H34N2O/c21-18(16-7-3-1-4-8-16)15-19-13-9-17(10-14-19)20-11-5-2-6-12-20/h16-18,21H,1-15H2. The molecule has 2 aliphatic heterocycles. The maximum absolute atomic E-state index is 10.5. The molecule has 0 spiro atoms. The SMILES string of the molecule is OC(CN1CCC(N2CCCCC2)CC1)C1CCCCC1. The summed E-state index contributed by atoms with van der Waals surface area (Å²) in [6, 6.07) is 0.827.